The van der Waals surface area contributed by atoms with Gasteiger partial charge in [-0.05, 0) is 39.0 Å². The van der Waals surface area contributed by atoms with Crippen molar-refractivity contribution in [1.29, 1.82) is 0 Å². The van der Waals surface area contributed by atoms with E-state index in [0.717, 1.165) is 0 Å². The molecule has 0 fully saturated rings. The van der Waals surface area contributed by atoms with Crippen molar-refractivity contribution < 1.29 is 14.3 Å². The first kappa shape index (κ1) is 16.6. The molecule has 0 spiro atoms. The number of nitrogens with two attached hydrogens (primary N) is 2. The highest BCUT2D eigenvalue weighted by atomic mass is 16.6. The van der Waals surface area contributed by atoms with Crippen LogP contribution >= 0.6 is 0 Å². The van der Waals surface area contributed by atoms with Gasteiger partial charge in [0.1, 0.15) is 5.60 Å². The molecule has 0 aliphatic heterocycles. The van der Waals surface area contributed by atoms with E-state index in [2.05, 4.69) is 10.6 Å². The lowest BCUT2D eigenvalue weighted by molar-refractivity contribution is 0.0530. The van der Waals surface area contributed by atoms with Crippen LogP contribution in [0.3, 0.4) is 0 Å². The summed E-state index contributed by atoms with van der Waals surface area (Å²) in [6.07, 6.45) is -0.494. The van der Waals surface area contributed by atoms with Crippen molar-refractivity contribution in [2.24, 2.45) is 5.73 Å². The van der Waals surface area contributed by atoms with Gasteiger partial charge in [-0.2, -0.15) is 0 Å². The molecule has 0 aromatic heterocycles. The maximum absolute atomic E-state index is 11.4. The molecular weight excluding hydrogens is 272 g/mol. The van der Waals surface area contributed by atoms with E-state index in [1.165, 1.54) is 0 Å². The van der Waals surface area contributed by atoms with Gasteiger partial charge in [0, 0.05) is 24.5 Å². The number of amides is 2. The van der Waals surface area contributed by atoms with Crippen LogP contribution in [0.4, 0.5) is 16.2 Å². The molecule has 0 aliphatic rings. The van der Waals surface area contributed by atoms with Crippen LogP contribution in [0.15, 0.2) is 18.2 Å². The molecule has 0 bridgehead atoms. The number of carbonyl (C=O) groups excluding carboxylic acids is 2. The second-order valence-electron chi connectivity index (χ2n) is 5.52. The Balaban J connectivity index is 2.48. The van der Waals surface area contributed by atoms with Crippen molar-refractivity contribution in [2.75, 3.05) is 24.1 Å². The first-order valence-corrected chi connectivity index (χ1v) is 6.59. The minimum Gasteiger partial charge on any atom is -0.444 e. The van der Waals surface area contributed by atoms with Gasteiger partial charge >= 0.3 is 6.09 Å². The van der Waals surface area contributed by atoms with Gasteiger partial charge in [0.05, 0.1) is 5.56 Å². The summed E-state index contributed by atoms with van der Waals surface area (Å²) in [4.78, 5) is 22.7. The molecule has 0 heterocycles. The number of hydrogen-bond donors (Lipinski definition) is 4. The number of primary amides is 1. The van der Waals surface area contributed by atoms with Gasteiger partial charge in [0.15, 0.2) is 0 Å². The molecule has 2 amide bonds. The fourth-order valence-corrected chi connectivity index (χ4v) is 1.60. The summed E-state index contributed by atoms with van der Waals surface area (Å²) in [5, 5.41) is 5.60. The van der Waals surface area contributed by atoms with Crippen molar-refractivity contribution >= 4 is 23.4 Å². The van der Waals surface area contributed by atoms with Crippen LogP contribution in [0.2, 0.25) is 0 Å². The quantitative estimate of drug-likeness (QED) is 0.482. The van der Waals surface area contributed by atoms with Gasteiger partial charge in [-0.15, -0.1) is 0 Å². The van der Waals surface area contributed by atoms with E-state index in [4.69, 9.17) is 16.2 Å². The molecule has 6 N–H and O–H groups in total. The minimum atomic E-state index is -0.544. The molecule has 0 radical (unpaired) electrons. The third-order valence-electron chi connectivity index (χ3n) is 2.42. The summed E-state index contributed by atoms with van der Waals surface area (Å²) in [7, 11) is 0. The summed E-state index contributed by atoms with van der Waals surface area (Å²) in [5.41, 5.74) is 11.8. The first-order chi connectivity index (χ1) is 9.69. The van der Waals surface area contributed by atoms with Crippen molar-refractivity contribution in [3.05, 3.63) is 23.8 Å². The highest BCUT2D eigenvalue weighted by Gasteiger charge is 2.15. The van der Waals surface area contributed by atoms with Gasteiger partial charge < -0.3 is 26.8 Å². The molecule has 0 saturated heterocycles. The number of benzene rings is 1. The van der Waals surface area contributed by atoms with Crippen molar-refractivity contribution in [3.63, 3.8) is 0 Å². The standard InChI is InChI=1S/C14H22N4O3/c1-14(2,3)21-13(20)18-7-6-17-11-8-9(15)4-5-10(11)12(16)19/h4-5,8,17H,6-7,15H2,1-3H3,(H2,16,19)(H,18,20). The molecule has 7 nitrogen and oxygen atoms in total. The smallest absolute Gasteiger partial charge is 0.407 e. The summed E-state index contributed by atoms with van der Waals surface area (Å²) in [5.74, 6) is -0.544. The van der Waals surface area contributed by atoms with Crippen LogP contribution in [0.5, 0.6) is 0 Å². The zero-order valence-corrected chi connectivity index (χ0v) is 12.5. The third kappa shape index (κ3) is 6.03. The van der Waals surface area contributed by atoms with Crippen LogP contribution in [-0.2, 0) is 4.74 Å². The topological polar surface area (TPSA) is 119 Å². The van der Waals surface area contributed by atoms with E-state index < -0.39 is 17.6 Å². The Morgan fingerprint density at radius 3 is 2.48 bits per heavy atom. The summed E-state index contributed by atoms with van der Waals surface area (Å²) in [6, 6.07) is 4.78. The molecular formula is C14H22N4O3. The fourth-order valence-electron chi connectivity index (χ4n) is 1.60. The fraction of sp³-hybridized carbons (Fsp3) is 0.429. The lowest BCUT2D eigenvalue weighted by Gasteiger charge is -2.19. The average molecular weight is 294 g/mol. The van der Waals surface area contributed by atoms with E-state index in [-0.39, 0.29) is 0 Å². The van der Waals surface area contributed by atoms with Gasteiger partial charge in [-0.1, -0.05) is 0 Å². The molecule has 1 aromatic rings. The number of anilines is 2. The van der Waals surface area contributed by atoms with Crippen LogP contribution in [0.25, 0.3) is 0 Å². The zero-order chi connectivity index (χ0) is 16.0. The Hall–Kier alpha value is -2.44. The van der Waals surface area contributed by atoms with E-state index in [9.17, 15) is 9.59 Å². The number of rotatable bonds is 5. The summed E-state index contributed by atoms with van der Waals surface area (Å²) in [6.45, 7) is 6.11. The Kier molecular flexibility index (Phi) is 5.40. The number of nitrogen functional groups attached to an aromatic ring is 1. The number of carbonyl (C=O) groups is 2. The van der Waals surface area contributed by atoms with Gasteiger partial charge in [-0.3, -0.25) is 4.79 Å². The van der Waals surface area contributed by atoms with Crippen LogP contribution in [0, 0.1) is 0 Å². The number of alkyl carbamates (subject to hydrolysis) is 1. The second kappa shape index (κ2) is 6.83. The van der Waals surface area contributed by atoms with E-state index in [1.807, 2.05) is 0 Å². The molecule has 116 valence electrons. The van der Waals surface area contributed by atoms with Crippen LogP contribution < -0.4 is 22.1 Å². The molecule has 1 aromatic carbocycles. The van der Waals surface area contributed by atoms with E-state index in [1.54, 1.807) is 39.0 Å². The van der Waals surface area contributed by atoms with Gasteiger partial charge in [0.2, 0.25) is 0 Å². The number of nitrogens with one attached hydrogen (secondary N) is 2. The van der Waals surface area contributed by atoms with Crippen molar-refractivity contribution in [3.8, 4) is 0 Å². The Morgan fingerprint density at radius 1 is 1.24 bits per heavy atom. The average Bonchev–Trinajstić information content (AvgIpc) is 2.32. The highest BCUT2D eigenvalue weighted by Crippen LogP contribution is 2.18. The Bertz CT molecular complexity index is 523. The van der Waals surface area contributed by atoms with Gasteiger partial charge in [-0.25, -0.2) is 4.79 Å². The predicted molar refractivity (Wildman–Crippen MR) is 82.1 cm³/mol. The molecule has 1 rings (SSSR count). The summed E-state index contributed by atoms with van der Waals surface area (Å²) >= 11 is 0. The Morgan fingerprint density at radius 2 is 1.90 bits per heavy atom. The highest BCUT2D eigenvalue weighted by molar-refractivity contribution is 5.99. The molecule has 7 heteroatoms. The lowest BCUT2D eigenvalue weighted by Crippen LogP contribution is -2.35. The predicted octanol–water partition coefficient (Wildman–Crippen LogP) is 1.30. The van der Waals surface area contributed by atoms with Gasteiger partial charge in [0.25, 0.3) is 5.91 Å². The third-order valence-corrected chi connectivity index (χ3v) is 2.42. The first-order valence-electron chi connectivity index (χ1n) is 6.59. The van der Waals surface area contributed by atoms with Crippen molar-refractivity contribution in [1.82, 2.24) is 5.32 Å². The molecule has 0 saturated carbocycles. The molecule has 0 atom stereocenters. The lowest BCUT2D eigenvalue weighted by atomic mass is 10.1. The van der Waals surface area contributed by atoms with E-state index in [0.29, 0.717) is 30.0 Å². The zero-order valence-electron chi connectivity index (χ0n) is 12.5. The molecule has 0 aliphatic carbocycles. The maximum Gasteiger partial charge on any atom is 0.407 e. The SMILES string of the molecule is CC(C)(C)OC(=O)NCCNc1cc(N)ccc1C(N)=O. The monoisotopic (exact) mass is 294 g/mol. The number of hydrogen-bond acceptors (Lipinski definition) is 5. The summed E-state index contributed by atoms with van der Waals surface area (Å²) < 4.78 is 5.10. The molecule has 21 heavy (non-hydrogen) atoms. The van der Waals surface area contributed by atoms with Crippen molar-refractivity contribution in [2.45, 2.75) is 26.4 Å². The largest absolute Gasteiger partial charge is 0.444 e. The minimum absolute atomic E-state index is 0.335. The number of ether oxygens (including phenoxy) is 1. The van der Waals surface area contributed by atoms with Crippen LogP contribution in [0.1, 0.15) is 31.1 Å². The Labute approximate surface area is 124 Å². The normalized spacial score (nSPS) is 10.8. The maximum atomic E-state index is 11.4. The van der Waals surface area contributed by atoms with Crippen LogP contribution in [-0.4, -0.2) is 30.7 Å². The molecule has 0 unspecified atom stereocenters. The van der Waals surface area contributed by atoms with E-state index >= 15 is 0 Å². The second-order valence-corrected chi connectivity index (χ2v) is 5.52.